The number of carbonyl (C=O) groups is 3. The van der Waals surface area contributed by atoms with Crippen LogP contribution in [0.4, 0.5) is 13.2 Å². The molecule has 0 aromatic heterocycles. The lowest BCUT2D eigenvalue weighted by molar-refractivity contribution is -0.157. The van der Waals surface area contributed by atoms with Crippen LogP contribution in [0.5, 0.6) is 0 Å². The van der Waals surface area contributed by atoms with Crippen molar-refractivity contribution in [2.24, 2.45) is 11.8 Å². The van der Waals surface area contributed by atoms with Crippen LogP contribution in [0.25, 0.3) is 0 Å². The summed E-state index contributed by atoms with van der Waals surface area (Å²) in [5.41, 5.74) is -3.09. The second-order valence-corrected chi connectivity index (χ2v) is 8.94. The number of imide groups is 1. The maximum Gasteiger partial charge on any atom is 0.416 e. The first-order chi connectivity index (χ1) is 15.0. The number of aliphatic hydroxyl groups excluding tert-OH is 1. The van der Waals surface area contributed by atoms with Crippen LogP contribution < -0.4 is 5.32 Å². The van der Waals surface area contributed by atoms with Gasteiger partial charge in [0.25, 0.3) is 0 Å². The number of carbonyl (C=O) groups excluding carboxylic acids is 2. The van der Waals surface area contributed by atoms with E-state index >= 15 is 0 Å². The van der Waals surface area contributed by atoms with E-state index in [0.29, 0.717) is 12.8 Å². The number of carboxylic acids is 1. The van der Waals surface area contributed by atoms with E-state index in [0.717, 1.165) is 36.3 Å². The molecular weight excluding hydrogens is 429 g/mol. The first kappa shape index (κ1) is 22.7. The summed E-state index contributed by atoms with van der Waals surface area (Å²) in [6.45, 7) is 1.20. The van der Waals surface area contributed by atoms with Crippen molar-refractivity contribution in [2.75, 3.05) is 0 Å². The highest BCUT2D eigenvalue weighted by Crippen LogP contribution is 2.51. The van der Waals surface area contributed by atoms with Crippen LogP contribution in [0.3, 0.4) is 0 Å². The van der Waals surface area contributed by atoms with Gasteiger partial charge >= 0.3 is 12.1 Å². The summed E-state index contributed by atoms with van der Waals surface area (Å²) in [5, 5.41) is 23.2. The Bertz CT molecular complexity index is 944. The Morgan fingerprint density at radius 3 is 2.41 bits per heavy atom. The fraction of sp³-hybridized carbons (Fsp3) is 0.591. The molecule has 5 unspecified atom stereocenters. The molecule has 0 spiro atoms. The Kier molecular flexibility index (Phi) is 5.57. The number of alkyl halides is 3. The molecule has 2 amide bonds. The molecule has 3 fully saturated rings. The van der Waals surface area contributed by atoms with E-state index in [1.807, 2.05) is 0 Å². The highest BCUT2D eigenvalue weighted by atomic mass is 19.4. The van der Waals surface area contributed by atoms with Crippen molar-refractivity contribution in [3.8, 4) is 0 Å². The summed E-state index contributed by atoms with van der Waals surface area (Å²) in [7, 11) is 0. The number of hydrogen-bond donors (Lipinski definition) is 3. The lowest BCUT2D eigenvalue weighted by Gasteiger charge is -2.36. The molecule has 7 nitrogen and oxygen atoms in total. The number of fused-ring (bicyclic) bond motifs is 1. The number of hydrogen-bond acceptors (Lipinski definition) is 5. The molecule has 1 saturated carbocycles. The summed E-state index contributed by atoms with van der Waals surface area (Å²) in [6.07, 6.45) is -2.38. The van der Waals surface area contributed by atoms with Crippen molar-refractivity contribution in [1.29, 1.82) is 0 Å². The van der Waals surface area contributed by atoms with Crippen molar-refractivity contribution < 1.29 is 37.8 Å². The summed E-state index contributed by atoms with van der Waals surface area (Å²) in [5.74, 6) is -5.45. The maximum absolute atomic E-state index is 13.5. The highest BCUT2D eigenvalue weighted by Gasteiger charge is 2.70. The number of aliphatic carboxylic acids is 1. The van der Waals surface area contributed by atoms with E-state index in [1.54, 1.807) is 0 Å². The van der Waals surface area contributed by atoms with Gasteiger partial charge in [-0.25, -0.2) is 0 Å². The minimum Gasteiger partial charge on any atom is -0.480 e. The standard InChI is InChI=1S/C22H25F3N2O5/c1-11(28)21(20(31)32)16-15(18(29)27(19(16)30)14-8-3-2-4-9-14)17(26-21)12-6-5-7-13(10-12)22(23,24)25/h5-7,10-11,14-17,26,28H,2-4,8-9H2,1H3,(H,31,32). The van der Waals surface area contributed by atoms with E-state index < -0.39 is 59.0 Å². The number of rotatable bonds is 4. The van der Waals surface area contributed by atoms with E-state index in [1.165, 1.54) is 19.1 Å². The predicted molar refractivity (Wildman–Crippen MR) is 105 cm³/mol. The molecule has 10 heteroatoms. The number of nitrogens with zero attached hydrogens (tertiary/aromatic N) is 1. The van der Waals surface area contributed by atoms with E-state index in [9.17, 15) is 37.8 Å². The van der Waals surface area contributed by atoms with Crippen LogP contribution in [-0.4, -0.2) is 50.6 Å². The Labute approximate surface area is 182 Å². The van der Waals surface area contributed by atoms with Crippen molar-refractivity contribution >= 4 is 17.8 Å². The maximum atomic E-state index is 13.5. The van der Waals surface area contributed by atoms with Crippen molar-refractivity contribution in [3.63, 3.8) is 0 Å². The van der Waals surface area contributed by atoms with Crippen LogP contribution >= 0.6 is 0 Å². The van der Waals surface area contributed by atoms with Gasteiger partial charge in [-0.15, -0.1) is 0 Å². The van der Waals surface area contributed by atoms with E-state index in [2.05, 4.69) is 5.32 Å². The lowest BCUT2D eigenvalue weighted by atomic mass is 9.76. The predicted octanol–water partition coefficient (Wildman–Crippen LogP) is 2.49. The van der Waals surface area contributed by atoms with Gasteiger partial charge in [-0.1, -0.05) is 31.4 Å². The van der Waals surface area contributed by atoms with Crippen LogP contribution in [0, 0.1) is 11.8 Å². The molecule has 174 valence electrons. The Morgan fingerprint density at radius 1 is 1.19 bits per heavy atom. The van der Waals surface area contributed by atoms with Gasteiger partial charge in [0.2, 0.25) is 11.8 Å². The first-order valence-electron chi connectivity index (χ1n) is 10.7. The van der Waals surface area contributed by atoms with Gasteiger partial charge in [0.15, 0.2) is 5.54 Å². The highest BCUT2D eigenvalue weighted by molar-refractivity contribution is 6.10. The third-order valence-electron chi connectivity index (χ3n) is 7.15. The third kappa shape index (κ3) is 3.31. The molecule has 4 rings (SSSR count). The number of carboxylic acid groups (broad SMARTS) is 1. The molecule has 0 radical (unpaired) electrons. The minimum atomic E-state index is -4.63. The molecule has 1 aliphatic carbocycles. The molecule has 0 bridgehead atoms. The number of likely N-dealkylation sites (tertiary alicyclic amines) is 1. The average molecular weight is 454 g/mol. The third-order valence-corrected chi connectivity index (χ3v) is 7.15. The van der Waals surface area contributed by atoms with Crippen LogP contribution in [0.2, 0.25) is 0 Å². The van der Waals surface area contributed by atoms with Gasteiger partial charge in [-0.3, -0.25) is 24.6 Å². The van der Waals surface area contributed by atoms with Crippen molar-refractivity contribution in [3.05, 3.63) is 35.4 Å². The topological polar surface area (TPSA) is 107 Å². The Balaban J connectivity index is 1.82. The van der Waals surface area contributed by atoms with Crippen LogP contribution in [0.1, 0.15) is 56.2 Å². The molecule has 1 aromatic carbocycles. The van der Waals surface area contributed by atoms with E-state index in [-0.39, 0.29) is 11.6 Å². The largest absolute Gasteiger partial charge is 0.480 e. The molecule has 2 heterocycles. The zero-order valence-corrected chi connectivity index (χ0v) is 17.4. The Hall–Kier alpha value is -2.46. The summed E-state index contributed by atoms with van der Waals surface area (Å²) in [6, 6.07) is 2.75. The monoisotopic (exact) mass is 454 g/mol. The normalized spacial score (nSPS) is 32.3. The molecule has 2 saturated heterocycles. The van der Waals surface area contributed by atoms with Crippen LogP contribution in [-0.2, 0) is 20.6 Å². The van der Waals surface area contributed by atoms with Gasteiger partial charge in [-0.2, -0.15) is 13.2 Å². The summed E-state index contributed by atoms with van der Waals surface area (Å²) >= 11 is 0. The van der Waals surface area contributed by atoms with Gasteiger partial charge < -0.3 is 10.2 Å². The quantitative estimate of drug-likeness (QED) is 0.604. The second-order valence-electron chi connectivity index (χ2n) is 8.94. The summed E-state index contributed by atoms with van der Waals surface area (Å²) < 4.78 is 39.9. The van der Waals surface area contributed by atoms with Crippen LogP contribution in [0.15, 0.2) is 24.3 Å². The zero-order valence-electron chi connectivity index (χ0n) is 17.4. The number of nitrogens with one attached hydrogen (secondary N) is 1. The molecule has 3 aliphatic rings. The zero-order chi connectivity index (χ0) is 23.4. The molecule has 2 aliphatic heterocycles. The molecule has 3 N–H and O–H groups in total. The molecule has 32 heavy (non-hydrogen) atoms. The van der Waals surface area contributed by atoms with Gasteiger partial charge in [0, 0.05) is 12.1 Å². The molecule has 1 aromatic rings. The second kappa shape index (κ2) is 7.84. The molecular formula is C22H25F3N2O5. The number of halogens is 3. The van der Waals surface area contributed by atoms with E-state index in [4.69, 9.17) is 0 Å². The number of aliphatic hydroxyl groups is 1. The summed E-state index contributed by atoms with van der Waals surface area (Å²) in [4.78, 5) is 40.4. The van der Waals surface area contributed by atoms with Gasteiger partial charge in [0.05, 0.1) is 23.5 Å². The smallest absolute Gasteiger partial charge is 0.416 e. The number of benzene rings is 1. The van der Waals surface area contributed by atoms with Crippen molar-refractivity contribution in [2.45, 2.75) is 68.9 Å². The average Bonchev–Trinajstić information content (AvgIpc) is 3.23. The number of amides is 2. The minimum absolute atomic E-state index is 0.0465. The fourth-order valence-electron chi connectivity index (χ4n) is 5.62. The van der Waals surface area contributed by atoms with Crippen molar-refractivity contribution in [1.82, 2.24) is 10.2 Å². The van der Waals surface area contributed by atoms with Gasteiger partial charge in [-0.05, 0) is 37.5 Å². The SMILES string of the molecule is CC(O)C1(C(=O)O)NC(c2cccc(C(F)(F)F)c2)C2C(=O)N(C3CCCCC3)C(=O)C21. The first-order valence-corrected chi connectivity index (χ1v) is 10.7. The fourth-order valence-corrected chi connectivity index (χ4v) is 5.62. The lowest BCUT2D eigenvalue weighted by Crippen LogP contribution is -2.62. The van der Waals surface area contributed by atoms with Gasteiger partial charge in [0.1, 0.15) is 0 Å². The molecule has 5 atom stereocenters. The Morgan fingerprint density at radius 2 is 1.84 bits per heavy atom.